The molecule has 0 aliphatic rings. The molecule has 0 saturated heterocycles. The monoisotopic (exact) mass is 316 g/mol. The highest BCUT2D eigenvalue weighted by molar-refractivity contribution is 5.83. The van der Waals surface area contributed by atoms with Gasteiger partial charge in [-0.25, -0.2) is 0 Å². The maximum Gasteiger partial charge on any atom is 0.310 e. The number of hydrogen-bond acceptors (Lipinski definition) is 5. The number of hydrogen-bond donors (Lipinski definition) is 2. The third kappa shape index (κ3) is 3.39. The second-order valence-electron chi connectivity index (χ2n) is 5.09. The van der Waals surface area contributed by atoms with Gasteiger partial charge >= 0.3 is 5.97 Å². The Labute approximate surface area is 135 Å². The van der Waals surface area contributed by atoms with E-state index < -0.39 is 5.97 Å². The van der Waals surface area contributed by atoms with Crippen molar-refractivity contribution in [2.45, 2.75) is 19.8 Å². The highest BCUT2D eigenvalue weighted by Crippen LogP contribution is 2.40. The van der Waals surface area contributed by atoms with E-state index in [-0.39, 0.29) is 17.9 Å². The minimum absolute atomic E-state index is 0.0319. The number of benzene rings is 2. The lowest BCUT2D eigenvalue weighted by atomic mass is 9.90. The zero-order chi connectivity index (χ0) is 17.0. The molecule has 5 heteroatoms. The van der Waals surface area contributed by atoms with Crippen molar-refractivity contribution in [2.75, 3.05) is 14.2 Å². The molecule has 2 N–H and O–H groups in total. The molecule has 0 fully saturated rings. The van der Waals surface area contributed by atoms with Crippen molar-refractivity contribution < 1.29 is 24.5 Å². The SMILES string of the molecule is CCc1c(O)cc(O)c(-c2cccc(OC)c2)c1CC(=O)OC. The molecule has 5 nitrogen and oxygen atoms in total. The summed E-state index contributed by atoms with van der Waals surface area (Å²) in [4.78, 5) is 11.8. The predicted octanol–water partition coefficient (Wildman–Crippen LogP) is 3.05. The van der Waals surface area contributed by atoms with Gasteiger partial charge in [-0.1, -0.05) is 19.1 Å². The lowest BCUT2D eigenvalue weighted by Gasteiger charge is -2.17. The largest absolute Gasteiger partial charge is 0.508 e. The first kappa shape index (κ1) is 16.7. The molecule has 0 atom stereocenters. The second-order valence-corrected chi connectivity index (χ2v) is 5.09. The molecule has 0 heterocycles. The van der Waals surface area contributed by atoms with Gasteiger partial charge in [0, 0.05) is 11.6 Å². The molecule has 0 bridgehead atoms. The van der Waals surface area contributed by atoms with Crippen LogP contribution in [0.15, 0.2) is 30.3 Å². The number of ether oxygens (including phenoxy) is 2. The Hall–Kier alpha value is -2.69. The van der Waals surface area contributed by atoms with Crippen molar-refractivity contribution in [1.29, 1.82) is 0 Å². The Morgan fingerprint density at radius 2 is 1.83 bits per heavy atom. The number of carbonyl (C=O) groups is 1. The predicted molar refractivity (Wildman–Crippen MR) is 86.9 cm³/mol. The number of esters is 1. The van der Waals surface area contributed by atoms with Gasteiger partial charge in [-0.15, -0.1) is 0 Å². The van der Waals surface area contributed by atoms with Crippen LogP contribution in [0.25, 0.3) is 11.1 Å². The van der Waals surface area contributed by atoms with E-state index in [9.17, 15) is 15.0 Å². The van der Waals surface area contributed by atoms with Crippen LogP contribution in [0.1, 0.15) is 18.1 Å². The molecule has 0 radical (unpaired) electrons. The van der Waals surface area contributed by atoms with Crippen molar-refractivity contribution in [3.05, 3.63) is 41.5 Å². The summed E-state index contributed by atoms with van der Waals surface area (Å²) >= 11 is 0. The summed E-state index contributed by atoms with van der Waals surface area (Å²) in [6.07, 6.45) is 0.490. The zero-order valence-corrected chi connectivity index (χ0v) is 13.4. The highest BCUT2D eigenvalue weighted by atomic mass is 16.5. The molecular weight excluding hydrogens is 296 g/mol. The van der Waals surface area contributed by atoms with Crippen LogP contribution in [0.3, 0.4) is 0 Å². The van der Waals surface area contributed by atoms with Crippen molar-refractivity contribution in [3.8, 4) is 28.4 Å². The van der Waals surface area contributed by atoms with E-state index in [2.05, 4.69) is 0 Å². The van der Waals surface area contributed by atoms with E-state index in [0.717, 1.165) is 0 Å². The van der Waals surface area contributed by atoms with E-state index in [4.69, 9.17) is 9.47 Å². The summed E-state index contributed by atoms with van der Waals surface area (Å²) in [5.74, 6) is 0.0771. The summed E-state index contributed by atoms with van der Waals surface area (Å²) < 4.78 is 9.96. The van der Waals surface area contributed by atoms with Crippen LogP contribution >= 0.6 is 0 Å². The van der Waals surface area contributed by atoms with Gasteiger partial charge in [0.15, 0.2) is 0 Å². The first-order chi connectivity index (χ1) is 11.0. The molecule has 0 amide bonds. The van der Waals surface area contributed by atoms with Crippen LogP contribution in [-0.2, 0) is 22.4 Å². The average Bonchev–Trinajstić information content (AvgIpc) is 2.54. The Balaban J connectivity index is 2.71. The fourth-order valence-electron chi connectivity index (χ4n) is 2.66. The molecule has 0 saturated carbocycles. The third-order valence-electron chi connectivity index (χ3n) is 3.77. The number of phenols is 2. The Morgan fingerprint density at radius 1 is 1.09 bits per heavy atom. The lowest BCUT2D eigenvalue weighted by Crippen LogP contribution is -2.09. The number of carbonyl (C=O) groups excluding carboxylic acids is 1. The van der Waals surface area contributed by atoms with Crippen LogP contribution < -0.4 is 4.74 Å². The lowest BCUT2D eigenvalue weighted by molar-refractivity contribution is -0.139. The number of aromatic hydroxyl groups is 2. The highest BCUT2D eigenvalue weighted by Gasteiger charge is 2.21. The molecule has 0 aliphatic carbocycles. The maximum absolute atomic E-state index is 11.8. The van der Waals surface area contributed by atoms with Gasteiger partial charge in [-0.05, 0) is 35.2 Å². The van der Waals surface area contributed by atoms with E-state index in [0.29, 0.717) is 34.4 Å². The Morgan fingerprint density at radius 3 is 2.43 bits per heavy atom. The van der Waals surface area contributed by atoms with Crippen LogP contribution in [0, 0.1) is 0 Å². The maximum atomic E-state index is 11.8. The summed E-state index contributed by atoms with van der Waals surface area (Å²) in [5, 5.41) is 20.4. The first-order valence-electron chi connectivity index (χ1n) is 7.29. The van der Waals surface area contributed by atoms with Gasteiger partial charge in [-0.3, -0.25) is 4.79 Å². The molecule has 0 aliphatic heterocycles. The van der Waals surface area contributed by atoms with Crippen LogP contribution in [0.4, 0.5) is 0 Å². The molecule has 122 valence electrons. The van der Waals surface area contributed by atoms with Gasteiger partial charge in [-0.2, -0.15) is 0 Å². The van der Waals surface area contributed by atoms with E-state index in [1.165, 1.54) is 13.2 Å². The molecule has 0 spiro atoms. The van der Waals surface area contributed by atoms with Gasteiger partial charge < -0.3 is 19.7 Å². The molecule has 2 aromatic carbocycles. The fourth-order valence-corrected chi connectivity index (χ4v) is 2.66. The van der Waals surface area contributed by atoms with Crippen LogP contribution in [0.2, 0.25) is 0 Å². The first-order valence-corrected chi connectivity index (χ1v) is 7.29. The van der Waals surface area contributed by atoms with E-state index in [1.54, 1.807) is 25.3 Å². The number of methoxy groups -OCH3 is 2. The standard InChI is InChI=1S/C18H20O5/c1-4-13-14(9-17(21)23-3)18(16(20)10-15(13)19)11-6-5-7-12(8-11)22-2/h5-8,10,19-20H,4,9H2,1-3H3. The molecule has 2 aromatic rings. The smallest absolute Gasteiger partial charge is 0.310 e. The summed E-state index contributed by atoms with van der Waals surface area (Å²) in [7, 11) is 2.87. The third-order valence-corrected chi connectivity index (χ3v) is 3.77. The van der Waals surface area contributed by atoms with E-state index in [1.807, 2.05) is 13.0 Å². The average molecular weight is 316 g/mol. The number of rotatable bonds is 5. The summed E-state index contributed by atoms with van der Waals surface area (Å²) in [6.45, 7) is 1.88. The molecule has 0 aromatic heterocycles. The van der Waals surface area contributed by atoms with E-state index >= 15 is 0 Å². The topological polar surface area (TPSA) is 76.0 Å². The summed E-state index contributed by atoms with van der Waals surface area (Å²) in [5.41, 5.74) is 2.38. The van der Waals surface area contributed by atoms with Crippen molar-refractivity contribution >= 4 is 5.97 Å². The molecule has 0 unspecified atom stereocenters. The Kier molecular flexibility index (Phi) is 5.11. The second kappa shape index (κ2) is 7.05. The van der Waals surface area contributed by atoms with Crippen LogP contribution in [-0.4, -0.2) is 30.4 Å². The normalized spacial score (nSPS) is 10.4. The number of phenolic OH excluding ortho intramolecular Hbond substituents is 2. The van der Waals surface area contributed by atoms with Gasteiger partial charge in [0.2, 0.25) is 0 Å². The fraction of sp³-hybridized carbons (Fsp3) is 0.278. The van der Waals surface area contributed by atoms with Gasteiger partial charge in [0.1, 0.15) is 17.2 Å². The zero-order valence-electron chi connectivity index (χ0n) is 13.4. The van der Waals surface area contributed by atoms with Crippen molar-refractivity contribution in [1.82, 2.24) is 0 Å². The Bertz CT molecular complexity index is 722. The molecule has 2 rings (SSSR count). The van der Waals surface area contributed by atoms with Gasteiger partial charge in [0.05, 0.1) is 20.6 Å². The molecular formula is C18H20O5. The quantitative estimate of drug-likeness (QED) is 0.829. The minimum atomic E-state index is -0.436. The minimum Gasteiger partial charge on any atom is -0.508 e. The van der Waals surface area contributed by atoms with Gasteiger partial charge in [0.25, 0.3) is 0 Å². The summed E-state index contributed by atoms with van der Waals surface area (Å²) in [6, 6.07) is 8.48. The van der Waals surface area contributed by atoms with Crippen molar-refractivity contribution in [3.63, 3.8) is 0 Å². The van der Waals surface area contributed by atoms with Crippen molar-refractivity contribution in [2.24, 2.45) is 0 Å². The van der Waals surface area contributed by atoms with Crippen LogP contribution in [0.5, 0.6) is 17.2 Å². The molecule has 23 heavy (non-hydrogen) atoms.